The summed E-state index contributed by atoms with van der Waals surface area (Å²) in [6, 6.07) is 2.05. The van der Waals surface area contributed by atoms with Crippen molar-refractivity contribution >= 4 is 5.97 Å². The number of halogens is 4. The third-order valence-electron chi connectivity index (χ3n) is 2.55. The van der Waals surface area contributed by atoms with E-state index in [0.717, 1.165) is 12.1 Å². The molecule has 0 saturated carbocycles. The second kappa shape index (κ2) is 4.95. The number of aromatic nitrogens is 1. The van der Waals surface area contributed by atoms with Crippen LogP contribution in [0.5, 0.6) is 0 Å². The largest absolute Gasteiger partial charge is 0.475 e. The van der Waals surface area contributed by atoms with Crippen molar-refractivity contribution in [1.82, 2.24) is 4.98 Å². The lowest BCUT2D eigenvalue weighted by molar-refractivity contribution is 0.0646. The molecule has 20 heavy (non-hydrogen) atoms. The van der Waals surface area contributed by atoms with Crippen molar-refractivity contribution in [1.29, 1.82) is 0 Å². The Morgan fingerprint density at radius 1 is 1.35 bits per heavy atom. The molecular weight excluding hydrogens is 282 g/mol. The summed E-state index contributed by atoms with van der Waals surface area (Å²) in [6.45, 7) is 1.33. The Balaban J connectivity index is 2.69. The Labute approximate surface area is 109 Å². The lowest BCUT2D eigenvalue weighted by atomic mass is 10.1. The smallest absolute Gasteiger partial charge is 0.374 e. The molecule has 0 amide bonds. The van der Waals surface area contributed by atoms with Gasteiger partial charge in [-0.15, -0.1) is 0 Å². The average Bonchev–Trinajstić information content (AvgIpc) is 2.79. The highest BCUT2D eigenvalue weighted by Crippen LogP contribution is 2.32. The minimum Gasteiger partial charge on any atom is -0.475 e. The first-order valence-electron chi connectivity index (χ1n) is 5.30. The van der Waals surface area contributed by atoms with Crippen LogP contribution in [0.15, 0.2) is 16.5 Å². The first-order chi connectivity index (χ1) is 9.32. The minimum absolute atomic E-state index is 0.0371. The van der Waals surface area contributed by atoms with Gasteiger partial charge in [-0.1, -0.05) is 6.07 Å². The first kappa shape index (κ1) is 14.0. The maximum absolute atomic E-state index is 13.8. The number of benzene rings is 1. The van der Waals surface area contributed by atoms with Gasteiger partial charge >= 0.3 is 5.97 Å². The Bertz CT molecular complexity index is 682. The van der Waals surface area contributed by atoms with Crippen molar-refractivity contribution in [3.8, 4) is 11.5 Å². The first-order valence-corrected chi connectivity index (χ1v) is 5.30. The Kier molecular flexibility index (Phi) is 3.47. The fourth-order valence-electron chi connectivity index (χ4n) is 1.59. The topological polar surface area (TPSA) is 63.3 Å². The predicted molar refractivity (Wildman–Crippen MR) is 58.5 cm³/mol. The maximum Gasteiger partial charge on any atom is 0.374 e. The number of rotatable bonds is 3. The third kappa shape index (κ3) is 2.24. The van der Waals surface area contributed by atoms with Crippen LogP contribution >= 0.6 is 0 Å². The minimum atomic E-state index is -3.24. The second-order valence-corrected chi connectivity index (χ2v) is 3.89. The number of nitrogens with zero attached hydrogens (tertiary/aromatic N) is 1. The fraction of sp³-hybridized carbons (Fsp3) is 0.167. The highest BCUT2D eigenvalue weighted by molar-refractivity contribution is 5.86. The van der Waals surface area contributed by atoms with Crippen LogP contribution in [0.3, 0.4) is 0 Å². The van der Waals surface area contributed by atoms with Crippen LogP contribution in [0, 0.1) is 18.6 Å². The number of aryl methyl sites for hydroxylation is 1. The van der Waals surface area contributed by atoms with Crippen LogP contribution in [0.4, 0.5) is 17.6 Å². The lowest BCUT2D eigenvalue weighted by Gasteiger charge is -2.02. The number of carboxylic acid groups (broad SMARTS) is 1. The van der Waals surface area contributed by atoms with Gasteiger partial charge in [0.1, 0.15) is 17.2 Å². The molecule has 0 bridgehead atoms. The Hall–Kier alpha value is -2.38. The maximum atomic E-state index is 13.8. The fourth-order valence-corrected chi connectivity index (χ4v) is 1.59. The quantitative estimate of drug-likeness (QED) is 0.877. The van der Waals surface area contributed by atoms with E-state index in [1.54, 1.807) is 0 Å². The van der Waals surface area contributed by atoms with Crippen LogP contribution in [0.2, 0.25) is 0 Å². The van der Waals surface area contributed by atoms with Gasteiger partial charge in [0, 0.05) is 0 Å². The zero-order chi connectivity index (χ0) is 15.0. The summed E-state index contributed by atoms with van der Waals surface area (Å²) in [5, 5.41) is 8.71. The van der Waals surface area contributed by atoms with Crippen LogP contribution in [-0.2, 0) is 0 Å². The van der Waals surface area contributed by atoms with Gasteiger partial charge in [-0.2, -0.15) is 0 Å². The van der Waals surface area contributed by atoms with E-state index in [9.17, 15) is 22.4 Å². The number of hydrogen-bond donors (Lipinski definition) is 1. The summed E-state index contributed by atoms with van der Waals surface area (Å²) < 4.78 is 57.2. The van der Waals surface area contributed by atoms with Crippen LogP contribution in [-0.4, -0.2) is 16.1 Å². The summed E-state index contributed by atoms with van der Waals surface area (Å²) >= 11 is 0. The zero-order valence-corrected chi connectivity index (χ0v) is 9.95. The molecule has 1 aromatic heterocycles. The molecule has 0 atom stereocenters. The molecule has 0 radical (unpaired) electrons. The molecule has 0 spiro atoms. The van der Waals surface area contributed by atoms with Crippen molar-refractivity contribution in [3.05, 3.63) is 40.8 Å². The van der Waals surface area contributed by atoms with E-state index in [-0.39, 0.29) is 5.56 Å². The summed E-state index contributed by atoms with van der Waals surface area (Å²) in [5.41, 5.74) is -1.91. The van der Waals surface area contributed by atoms with Crippen molar-refractivity contribution in [2.45, 2.75) is 13.3 Å². The van der Waals surface area contributed by atoms with E-state index in [0.29, 0.717) is 0 Å². The molecule has 0 fully saturated rings. The standard InChI is InChI=1S/C12H7F4NO3/c1-4-2-3-5(13)6(7(4)14)11-17-8(10(15)16)9(20-11)12(18)19/h2-3,10H,1H3,(H,18,19). The van der Waals surface area contributed by atoms with Crippen molar-refractivity contribution in [2.24, 2.45) is 0 Å². The van der Waals surface area contributed by atoms with Gasteiger partial charge in [0.25, 0.3) is 6.43 Å². The monoisotopic (exact) mass is 289 g/mol. The lowest BCUT2D eigenvalue weighted by Crippen LogP contribution is -1.99. The van der Waals surface area contributed by atoms with Gasteiger partial charge in [0.2, 0.25) is 11.7 Å². The van der Waals surface area contributed by atoms with Crippen molar-refractivity contribution < 1.29 is 31.9 Å². The number of hydrogen-bond acceptors (Lipinski definition) is 3. The van der Waals surface area contributed by atoms with E-state index < -0.39 is 46.9 Å². The van der Waals surface area contributed by atoms with E-state index >= 15 is 0 Å². The average molecular weight is 289 g/mol. The SMILES string of the molecule is Cc1ccc(F)c(-c2nc(C(F)F)c(C(=O)O)o2)c1F. The second-order valence-electron chi connectivity index (χ2n) is 3.89. The van der Waals surface area contributed by atoms with Crippen LogP contribution in [0.25, 0.3) is 11.5 Å². The summed E-state index contributed by atoms with van der Waals surface area (Å²) in [7, 11) is 0. The number of oxazole rings is 1. The molecule has 2 rings (SSSR count). The van der Waals surface area contributed by atoms with E-state index in [1.807, 2.05) is 0 Å². The van der Waals surface area contributed by atoms with Crippen LogP contribution in [0.1, 0.15) is 28.2 Å². The van der Waals surface area contributed by atoms with Gasteiger partial charge < -0.3 is 9.52 Å². The summed E-state index contributed by atoms with van der Waals surface area (Å²) in [6.07, 6.45) is -3.24. The number of carboxylic acids is 1. The molecule has 8 heteroatoms. The highest BCUT2D eigenvalue weighted by Gasteiger charge is 2.29. The molecule has 0 aliphatic rings. The molecule has 2 aromatic rings. The van der Waals surface area contributed by atoms with Crippen LogP contribution < -0.4 is 0 Å². The number of aromatic carboxylic acids is 1. The molecule has 0 aliphatic heterocycles. The molecule has 106 valence electrons. The number of alkyl halides is 2. The highest BCUT2D eigenvalue weighted by atomic mass is 19.3. The Morgan fingerprint density at radius 3 is 2.50 bits per heavy atom. The summed E-state index contributed by atoms with van der Waals surface area (Å²) in [5.74, 6) is -5.92. The Morgan fingerprint density at radius 2 is 2.00 bits per heavy atom. The van der Waals surface area contributed by atoms with Gasteiger partial charge in [-0.25, -0.2) is 27.3 Å². The molecule has 0 aliphatic carbocycles. The normalized spacial score (nSPS) is 11.1. The number of carbonyl (C=O) groups is 1. The van der Waals surface area contributed by atoms with Gasteiger partial charge in [0.15, 0.2) is 5.69 Å². The van der Waals surface area contributed by atoms with Gasteiger partial charge in [-0.05, 0) is 18.6 Å². The molecular formula is C12H7F4NO3. The third-order valence-corrected chi connectivity index (χ3v) is 2.55. The van der Waals surface area contributed by atoms with E-state index in [4.69, 9.17) is 5.11 Å². The van der Waals surface area contributed by atoms with Gasteiger partial charge in [0.05, 0.1) is 0 Å². The molecule has 4 nitrogen and oxygen atoms in total. The molecule has 1 heterocycles. The molecule has 1 N–H and O–H groups in total. The van der Waals surface area contributed by atoms with Crippen molar-refractivity contribution in [2.75, 3.05) is 0 Å². The molecule has 0 unspecified atom stereocenters. The predicted octanol–water partition coefficient (Wildman–Crippen LogP) is 3.56. The van der Waals surface area contributed by atoms with Crippen molar-refractivity contribution in [3.63, 3.8) is 0 Å². The summed E-state index contributed by atoms with van der Waals surface area (Å²) in [4.78, 5) is 13.9. The molecule has 0 saturated heterocycles. The molecule has 1 aromatic carbocycles. The van der Waals surface area contributed by atoms with Gasteiger partial charge in [-0.3, -0.25) is 0 Å². The van der Waals surface area contributed by atoms with E-state index in [1.165, 1.54) is 6.92 Å². The van der Waals surface area contributed by atoms with E-state index in [2.05, 4.69) is 9.40 Å². The zero-order valence-electron chi connectivity index (χ0n) is 9.95.